The van der Waals surface area contributed by atoms with Crippen molar-refractivity contribution in [1.29, 1.82) is 0 Å². The average Bonchev–Trinajstić information content (AvgIpc) is 2.50. The fourth-order valence-corrected chi connectivity index (χ4v) is 4.70. The first kappa shape index (κ1) is 14.1. The number of aliphatic hydroxyl groups is 2. The van der Waals surface area contributed by atoms with Crippen molar-refractivity contribution in [3.63, 3.8) is 0 Å². The van der Waals surface area contributed by atoms with Gasteiger partial charge in [0, 0.05) is 13.2 Å². The molecule has 1 saturated carbocycles. The maximum absolute atomic E-state index is 9.47. The van der Waals surface area contributed by atoms with Gasteiger partial charge in [-0.05, 0) is 67.4 Å². The molecule has 0 spiro atoms. The maximum atomic E-state index is 9.47. The van der Waals surface area contributed by atoms with Crippen LogP contribution in [0.1, 0.15) is 44.9 Å². The molecule has 0 saturated heterocycles. The second-order valence-electron chi connectivity index (χ2n) is 6.40. The SMILES string of the molecule is OCCC1=C2CCCCC2C(CCO)C2CC=CC=C12. The minimum Gasteiger partial charge on any atom is -0.396 e. The Kier molecular flexibility index (Phi) is 4.42. The summed E-state index contributed by atoms with van der Waals surface area (Å²) in [6.45, 7) is 0.557. The van der Waals surface area contributed by atoms with Gasteiger partial charge in [0.25, 0.3) is 0 Å². The highest BCUT2D eigenvalue weighted by atomic mass is 16.3. The van der Waals surface area contributed by atoms with Crippen LogP contribution in [0.3, 0.4) is 0 Å². The minimum atomic E-state index is 0.254. The Morgan fingerprint density at radius 3 is 2.80 bits per heavy atom. The third-order valence-electron chi connectivity index (χ3n) is 5.45. The Bertz CT molecular complexity index is 444. The van der Waals surface area contributed by atoms with Crippen LogP contribution in [-0.2, 0) is 0 Å². The van der Waals surface area contributed by atoms with Gasteiger partial charge in [-0.1, -0.05) is 30.2 Å². The lowest BCUT2D eigenvalue weighted by atomic mass is 9.59. The Hall–Kier alpha value is -0.860. The molecule has 0 heterocycles. The van der Waals surface area contributed by atoms with Gasteiger partial charge >= 0.3 is 0 Å². The minimum absolute atomic E-state index is 0.254. The zero-order valence-electron chi connectivity index (χ0n) is 12.2. The average molecular weight is 274 g/mol. The molecule has 2 nitrogen and oxygen atoms in total. The van der Waals surface area contributed by atoms with E-state index in [0.717, 1.165) is 19.3 Å². The van der Waals surface area contributed by atoms with Gasteiger partial charge in [0.1, 0.15) is 0 Å². The summed E-state index contributed by atoms with van der Waals surface area (Å²) in [5, 5.41) is 18.9. The van der Waals surface area contributed by atoms with Crippen LogP contribution in [0.5, 0.6) is 0 Å². The van der Waals surface area contributed by atoms with E-state index >= 15 is 0 Å². The molecule has 0 amide bonds. The lowest BCUT2D eigenvalue weighted by Gasteiger charge is -2.45. The Morgan fingerprint density at radius 1 is 1.10 bits per heavy atom. The lowest BCUT2D eigenvalue weighted by Crippen LogP contribution is -2.35. The molecular formula is C18H26O2. The van der Waals surface area contributed by atoms with Gasteiger partial charge in [-0.3, -0.25) is 0 Å². The molecule has 3 aliphatic carbocycles. The summed E-state index contributed by atoms with van der Waals surface area (Å²) in [6, 6.07) is 0. The number of aliphatic hydroxyl groups excluding tert-OH is 2. The van der Waals surface area contributed by atoms with Gasteiger partial charge in [-0.25, -0.2) is 0 Å². The molecule has 20 heavy (non-hydrogen) atoms. The number of hydrogen-bond donors (Lipinski definition) is 2. The van der Waals surface area contributed by atoms with Crippen LogP contribution in [0.15, 0.2) is 34.9 Å². The first-order chi connectivity index (χ1) is 9.86. The summed E-state index contributed by atoms with van der Waals surface area (Å²) in [7, 11) is 0. The Labute approximate surface area is 121 Å². The van der Waals surface area contributed by atoms with E-state index in [1.54, 1.807) is 5.57 Å². The van der Waals surface area contributed by atoms with E-state index in [2.05, 4.69) is 18.2 Å². The summed E-state index contributed by atoms with van der Waals surface area (Å²) in [5.41, 5.74) is 4.54. The molecule has 1 fully saturated rings. The molecule has 0 aromatic carbocycles. The van der Waals surface area contributed by atoms with Gasteiger partial charge in [0.2, 0.25) is 0 Å². The number of allylic oxidation sites excluding steroid dienone is 5. The Morgan fingerprint density at radius 2 is 2.00 bits per heavy atom. The zero-order chi connectivity index (χ0) is 13.9. The third kappa shape index (κ3) is 2.40. The van der Waals surface area contributed by atoms with Crippen molar-refractivity contribution < 1.29 is 10.2 Å². The monoisotopic (exact) mass is 274 g/mol. The molecule has 2 heteroatoms. The molecule has 0 aromatic heterocycles. The van der Waals surface area contributed by atoms with E-state index in [9.17, 15) is 10.2 Å². The van der Waals surface area contributed by atoms with E-state index in [0.29, 0.717) is 24.4 Å². The molecule has 0 aromatic rings. The summed E-state index contributed by atoms with van der Waals surface area (Å²) >= 11 is 0. The van der Waals surface area contributed by atoms with Gasteiger partial charge < -0.3 is 10.2 Å². The second kappa shape index (κ2) is 6.28. The van der Waals surface area contributed by atoms with Crippen LogP contribution in [0.25, 0.3) is 0 Å². The largest absolute Gasteiger partial charge is 0.396 e. The van der Waals surface area contributed by atoms with Crippen LogP contribution in [-0.4, -0.2) is 23.4 Å². The van der Waals surface area contributed by atoms with Crippen LogP contribution < -0.4 is 0 Å². The fourth-order valence-electron chi connectivity index (χ4n) is 4.70. The van der Waals surface area contributed by atoms with Crippen molar-refractivity contribution in [1.82, 2.24) is 0 Å². The highest BCUT2D eigenvalue weighted by Gasteiger charge is 2.40. The van der Waals surface area contributed by atoms with Crippen LogP contribution in [0.4, 0.5) is 0 Å². The van der Waals surface area contributed by atoms with Crippen LogP contribution >= 0.6 is 0 Å². The standard InChI is InChI=1S/C18H26O2/c19-11-9-17-13-5-1-2-6-14(13)18(10-12-20)16-8-4-3-7-15(16)17/h1-2,5,14,16,18-20H,3-4,6-12H2. The van der Waals surface area contributed by atoms with Gasteiger partial charge in [-0.2, -0.15) is 0 Å². The van der Waals surface area contributed by atoms with E-state index in [1.165, 1.54) is 36.8 Å². The second-order valence-corrected chi connectivity index (χ2v) is 6.40. The molecule has 2 N–H and O–H groups in total. The molecule has 3 aliphatic rings. The smallest absolute Gasteiger partial charge is 0.0471 e. The van der Waals surface area contributed by atoms with Crippen molar-refractivity contribution in [3.8, 4) is 0 Å². The molecule has 3 rings (SSSR count). The van der Waals surface area contributed by atoms with E-state index < -0.39 is 0 Å². The van der Waals surface area contributed by atoms with Crippen molar-refractivity contribution in [3.05, 3.63) is 34.9 Å². The van der Waals surface area contributed by atoms with E-state index in [-0.39, 0.29) is 6.61 Å². The lowest BCUT2D eigenvalue weighted by molar-refractivity contribution is 0.168. The molecule has 3 atom stereocenters. The first-order valence-electron chi connectivity index (χ1n) is 8.17. The normalized spacial score (nSPS) is 32.7. The third-order valence-corrected chi connectivity index (χ3v) is 5.45. The van der Waals surface area contributed by atoms with E-state index in [4.69, 9.17) is 0 Å². The Balaban J connectivity index is 2.03. The molecule has 0 bridgehead atoms. The molecule has 0 radical (unpaired) electrons. The van der Waals surface area contributed by atoms with Gasteiger partial charge in [0.15, 0.2) is 0 Å². The molecular weight excluding hydrogens is 248 g/mol. The molecule has 3 unspecified atom stereocenters. The van der Waals surface area contributed by atoms with Crippen LogP contribution in [0.2, 0.25) is 0 Å². The summed E-state index contributed by atoms with van der Waals surface area (Å²) in [4.78, 5) is 0. The van der Waals surface area contributed by atoms with Crippen LogP contribution in [0, 0.1) is 17.8 Å². The quantitative estimate of drug-likeness (QED) is 0.825. The van der Waals surface area contributed by atoms with Crippen molar-refractivity contribution in [2.24, 2.45) is 17.8 Å². The number of fused-ring (bicyclic) bond motifs is 2. The fraction of sp³-hybridized carbons (Fsp3) is 0.667. The highest BCUT2D eigenvalue weighted by molar-refractivity contribution is 5.46. The zero-order valence-corrected chi connectivity index (χ0v) is 12.2. The predicted octanol–water partition coefficient (Wildman–Crippen LogP) is 3.37. The topological polar surface area (TPSA) is 40.5 Å². The summed E-state index contributed by atoms with van der Waals surface area (Å²) in [6.07, 6.45) is 14.6. The van der Waals surface area contributed by atoms with E-state index in [1.807, 2.05) is 0 Å². The molecule has 0 aliphatic heterocycles. The summed E-state index contributed by atoms with van der Waals surface area (Å²) in [5.74, 6) is 1.83. The van der Waals surface area contributed by atoms with Crippen molar-refractivity contribution in [2.75, 3.05) is 13.2 Å². The maximum Gasteiger partial charge on any atom is 0.0471 e. The summed E-state index contributed by atoms with van der Waals surface area (Å²) < 4.78 is 0. The highest BCUT2D eigenvalue weighted by Crippen LogP contribution is 2.52. The van der Waals surface area contributed by atoms with Gasteiger partial charge in [-0.15, -0.1) is 0 Å². The number of rotatable bonds is 4. The molecule has 110 valence electrons. The van der Waals surface area contributed by atoms with Crippen molar-refractivity contribution in [2.45, 2.75) is 44.9 Å². The number of hydrogen-bond acceptors (Lipinski definition) is 2. The van der Waals surface area contributed by atoms with Crippen molar-refractivity contribution >= 4 is 0 Å². The predicted molar refractivity (Wildman–Crippen MR) is 81.2 cm³/mol. The van der Waals surface area contributed by atoms with Gasteiger partial charge in [0.05, 0.1) is 0 Å². The first-order valence-corrected chi connectivity index (χ1v) is 8.17.